The Balaban J connectivity index is 0.907. The molecule has 0 amide bonds. The van der Waals surface area contributed by atoms with Gasteiger partial charge >= 0.3 is 0 Å². The zero-order valence-corrected chi connectivity index (χ0v) is 36.9. The maximum Gasteiger partial charge on any atom is 0.145 e. The largest absolute Gasteiger partial charge is 0.455 e. The molecule has 0 aliphatic carbocycles. The maximum atomic E-state index is 6.57. The summed E-state index contributed by atoms with van der Waals surface area (Å²) in [5, 5.41) is 9.78. The molecule has 0 bridgehead atoms. The van der Waals surface area contributed by atoms with Gasteiger partial charge in [0.1, 0.15) is 22.7 Å². The van der Waals surface area contributed by atoms with Crippen molar-refractivity contribution in [1.82, 2.24) is 0 Å². The SMILES string of the molecule is CCCCCCCCCCCCc1ccc(-c2cc3cc4ccc5c6cc7oc(-c8ccc(CCCCCCCCCCCC)s8)cc7cc6ccc5c4cc3o2)s1. The Morgan fingerprint density at radius 3 is 1.12 bits per heavy atom. The molecule has 304 valence electrons. The van der Waals surface area contributed by atoms with E-state index in [0.29, 0.717) is 0 Å². The van der Waals surface area contributed by atoms with Crippen LogP contribution in [0.1, 0.15) is 152 Å². The lowest BCUT2D eigenvalue weighted by Crippen LogP contribution is -1.84. The Kier molecular flexibility index (Phi) is 14.4. The van der Waals surface area contributed by atoms with Crippen LogP contribution in [0.3, 0.4) is 0 Å². The Labute approximate surface area is 355 Å². The molecule has 0 atom stereocenters. The van der Waals surface area contributed by atoms with Crippen molar-refractivity contribution >= 4 is 76.9 Å². The van der Waals surface area contributed by atoms with Crippen LogP contribution in [0.5, 0.6) is 0 Å². The minimum atomic E-state index is 0.953. The van der Waals surface area contributed by atoms with Crippen LogP contribution < -0.4 is 0 Å². The molecule has 8 rings (SSSR count). The molecule has 4 heterocycles. The van der Waals surface area contributed by atoms with Crippen molar-refractivity contribution in [2.24, 2.45) is 0 Å². The van der Waals surface area contributed by atoms with Gasteiger partial charge in [-0.1, -0.05) is 154 Å². The van der Waals surface area contributed by atoms with Gasteiger partial charge in [0, 0.05) is 20.5 Å². The first kappa shape index (κ1) is 40.9. The Bertz CT molecular complexity index is 2350. The molecule has 0 N–H and O–H groups in total. The zero-order chi connectivity index (χ0) is 39.5. The van der Waals surface area contributed by atoms with Crippen LogP contribution in [0.25, 0.3) is 75.5 Å². The second kappa shape index (κ2) is 20.4. The van der Waals surface area contributed by atoms with E-state index in [1.807, 2.05) is 22.7 Å². The monoisotopic (exact) mass is 808 g/mol. The first-order chi connectivity index (χ1) is 28.7. The first-order valence-corrected chi connectivity index (χ1v) is 24.7. The Morgan fingerprint density at radius 1 is 0.345 bits per heavy atom. The highest BCUT2D eigenvalue weighted by Crippen LogP contribution is 2.40. The van der Waals surface area contributed by atoms with Crippen LogP contribution in [-0.2, 0) is 12.8 Å². The van der Waals surface area contributed by atoms with E-state index in [1.54, 1.807) is 0 Å². The van der Waals surface area contributed by atoms with Gasteiger partial charge in [-0.05, 0) is 119 Å². The van der Waals surface area contributed by atoms with Crippen LogP contribution in [0.15, 0.2) is 93.8 Å². The lowest BCUT2D eigenvalue weighted by atomic mass is 9.96. The third kappa shape index (κ3) is 10.1. The fourth-order valence-electron chi connectivity index (χ4n) is 9.05. The van der Waals surface area contributed by atoms with Crippen molar-refractivity contribution in [3.8, 4) is 21.3 Å². The van der Waals surface area contributed by atoms with Gasteiger partial charge in [-0.25, -0.2) is 0 Å². The van der Waals surface area contributed by atoms with Crippen LogP contribution in [0.2, 0.25) is 0 Å². The predicted octanol–water partition coefficient (Wildman–Crippen LogP) is 19.0. The summed E-state index contributed by atoms with van der Waals surface area (Å²) in [6.45, 7) is 4.59. The number of benzene rings is 4. The van der Waals surface area contributed by atoms with Crippen molar-refractivity contribution in [1.29, 1.82) is 0 Å². The molecule has 0 saturated carbocycles. The summed E-state index contributed by atoms with van der Waals surface area (Å²) in [5.74, 6) is 1.96. The lowest BCUT2D eigenvalue weighted by molar-refractivity contribution is 0.557. The third-order valence-corrected chi connectivity index (χ3v) is 14.8. The molecule has 0 radical (unpaired) electrons. The lowest BCUT2D eigenvalue weighted by Gasteiger charge is -2.08. The molecule has 0 fully saturated rings. The zero-order valence-electron chi connectivity index (χ0n) is 35.3. The molecule has 0 spiro atoms. The van der Waals surface area contributed by atoms with Crippen molar-refractivity contribution in [3.05, 3.63) is 94.7 Å². The van der Waals surface area contributed by atoms with E-state index in [1.165, 1.54) is 193 Å². The second-order valence-electron chi connectivity index (χ2n) is 17.1. The van der Waals surface area contributed by atoms with Crippen LogP contribution in [0, 0.1) is 0 Å². The summed E-state index contributed by atoms with van der Waals surface area (Å²) in [4.78, 5) is 5.40. The first-order valence-electron chi connectivity index (χ1n) is 23.1. The van der Waals surface area contributed by atoms with Gasteiger partial charge in [-0.15, -0.1) is 22.7 Å². The number of furan rings is 2. The van der Waals surface area contributed by atoms with Gasteiger partial charge in [0.2, 0.25) is 0 Å². The molecule has 58 heavy (non-hydrogen) atoms. The van der Waals surface area contributed by atoms with E-state index in [0.717, 1.165) is 33.5 Å². The Hall–Kier alpha value is -3.86. The van der Waals surface area contributed by atoms with Gasteiger partial charge in [-0.3, -0.25) is 0 Å². The van der Waals surface area contributed by atoms with E-state index in [4.69, 9.17) is 8.83 Å². The van der Waals surface area contributed by atoms with Crippen LogP contribution in [0.4, 0.5) is 0 Å². The van der Waals surface area contributed by atoms with Crippen molar-refractivity contribution in [2.75, 3.05) is 0 Å². The molecular formula is C54H64O2S2. The molecule has 0 saturated heterocycles. The summed E-state index contributed by atoms with van der Waals surface area (Å²) in [5.41, 5.74) is 1.91. The van der Waals surface area contributed by atoms with Crippen LogP contribution in [-0.4, -0.2) is 0 Å². The summed E-state index contributed by atoms with van der Waals surface area (Å²) < 4.78 is 13.1. The van der Waals surface area contributed by atoms with Crippen molar-refractivity contribution < 1.29 is 8.83 Å². The summed E-state index contributed by atoms with van der Waals surface area (Å²) in [7, 11) is 0. The number of hydrogen-bond acceptors (Lipinski definition) is 4. The van der Waals surface area contributed by atoms with E-state index in [2.05, 4.69) is 98.8 Å². The van der Waals surface area contributed by atoms with E-state index >= 15 is 0 Å². The third-order valence-electron chi connectivity index (χ3n) is 12.5. The molecule has 8 aromatic rings. The molecule has 0 unspecified atom stereocenters. The summed E-state index contributed by atoms with van der Waals surface area (Å²) in [6, 6.07) is 31.9. The fraction of sp³-hybridized carbons (Fsp3) is 0.444. The normalized spacial score (nSPS) is 12.1. The molecule has 2 nitrogen and oxygen atoms in total. The summed E-state index contributed by atoms with van der Waals surface area (Å²) >= 11 is 3.79. The van der Waals surface area contributed by atoms with Crippen molar-refractivity contribution in [2.45, 2.75) is 155 Å². The molecule has 0 aliphatic rings. The second-order valence-corrected chi connectivity index (χ2v) is 19.4. The minimum Gasteiger partial charge on any atom is -0.455 e. The van der Waals surface area contributed by atoms with Gasteiger partial charge < -0.3 is 8.83 Å². The topological polar surface area (TPSA) is 26.3 Å². The molecule has 4 aromatic carbocycles. The van der Waals surface area contributed by atoms with E-state index in [9.17, 15) is 0 Å². The Morgan fingerprint density at radius 2 is 0.724 bits per heavy atom. The van der Waals surface area contributed by atoms with E-state index < -0.39 is 0 Å². The standard InChI is InChI=1S/C54H64O2S2/c1-3-5-7-9-11-13-15-17-19-21-23-43-27-31-53(57-43)51-35-41-33-39-25-29-46-45(47(39)37-49(41)55-51)30-26-40-34-42-36-52(56-50(42)38-48(40)46)54-32-28-44(58-54)24-22-20-18-16-14-12-10-8-6-4-2/h25-38H,3-24H2,1-2H3. The summed E-state index contributed by atoms with van der Waals surface area (Å²) in [6.07, 6.45) is 29.9. The molecule has 4 heteroatoms. The van der Waals surface area contributed by atoms with Crippen molar-refractivity contribution in [3.63, 3.8) is 0 Å². The molecular weight excluding hydrogens is 745 g/mol. The van der Waals surface area contributed by atoms with Gasteiger partial charge in [-0.2, -0.15) is 0 Å². The van der Waals surface area contributed by atoms with Gasteiger partial charge in [0.05, 0.1) is 9.75 Å². The number of fused-ring (bicyclic) bond motifs is 7. The molecule has 0 aliphatic heterocycles. The average Bonchev–Trinajstić information content (AvgIpc) is 4.07. The number of aryl methyl sites for hydroxylation is 2. The highest BCUT2D eigenvalue weighted by Gasteiger charge is 2.15. The average molecular weight is 809 g/mol. The number of thiophene rings is 2. The number of rotatable bonds is 24. The fourth-order valence-corrected chi connectivity index (χ4v) is 11.1. The smallest absolute Gasteiger partial charge is 0.145 e. The molecule has 4 aromatic heterocycles. The maximum absolute atomic E-state index is 6.57. The quantitative estimate of drug-likeness (QED) is 0.0449. The number of hydrogen-bond donors (Lipinski definition) is 0. The minimum absolute atomic E-state index is 0.953. The van der Waals surface area contributed by atoms with E-state index in [-0.39, 0.29) is 0 Å². The predicted molar refractivity (Wildman–Crippen MR) is 256 cm³/mol. The van der Waals surface area contributed by atoms with Gasteiger partial charge in [0.25, 0.3) is 0 Å². The highest BCUT2D eigenvalue weighted by molar-refractivity contribution is 7.15. The number of unbranched alkanes of at least 4 members (excludes halogenated alkanes) is 18. The highest BCUT2D eigenvalue weighted by atomic mass is 32.1. The van der Waals surface area contributed by atoms with Crippen LogP contribution >= 0.6 is 22.7 Å². The van der Waals surface area contributed by atoms with Gasteiger partial charge in [0.15, 0.2) is 0 Å².